The van der Waals surface area contributed by atoms with Crippen molar-refractivity contribution in [2.45, 2.75) is 39.5 Å². The van der Waals surface area contributed by atoms with Gasteiger partial charge in [0.15, 0.2) is 0 Å². The number of pyridine rings is 1. The Morgan fingerprint density at radius 3 is 2.93 bits per heavy atom. The van der Waals surface area contributed by atoms with E-state index in [9.17, 15) is 0 Å². The Hall–Kier alpha value is -1.11. The molecule has 14 heavy (non-hydrogen) atoms. The average molecular weight is 189 g/mol. The Kier molecular flexibility index (Phi) is 4.98. The molecule has 0 saturated carbocycles. The fourth-order valence-corrected chi connectivity index (χ4v) is 1.39. The van der Waals surface area contributed by atoms with Crippen LogP contribution in [0.2, 0.25) is 0 Å². The molecule has 0 aromatic carbocycles. The van der Waals surface area contributed by atoms with Gasteiger partial charge in [-0.15, -0.1) is 0 Å². The fraction of sp³-hybridized carbons (Fsp3) is 0.462. The van der Waals surface area contributed by atoms with Gasteiger partial charge in [-0.1, -0.05) is 31.9 Å². The maximum absolute atomic E-state index is 4.07. The van der Waals surface area contributed by atoms with Crippen molar-refractivity contribution in [2.24, 2.45) is 0 Å². The van der Waals surface area contributed by atoms with Crippen LogP contribution in [0.3, 0.4) is 0 Å². The van der Waals surface area contributed by atoms with Gasteiger partial charge >= 0.3 is 0 Å². The van der Waals surface area contributed by atoms with Crippen LogP contribution < -0.4 is 0 Å². The Morgan fingerprint density at radius 2 is 2.21 bits per heavy atom. The van der Waals surface area contributed by atoms with Crippen LogP contribution >= 0.6 is 0 Å². The fourth-order valence-electron chi connectivity index (χ4n) is 1.39. The van der Waals surface area contributed by atoms with Gasteiger partial charge in [0.1, 0.15) is 0 Å². The van der Waals surface area contributed by atoms with Crippen LogP contribution in [-0.4, -0.2) is 4.98 Å². The molecule has 0 aliphatic carbocycles. The highest BCUT2D eigenvalue weighted by Gasteiger charge is 1.90. The summed E-state index contributed by atoms with van der Waals surface area (Å²) >= 11 is 0. The van der Waals surface area contributed by atoms with Gasteiger partial charge in [-0.25, -0.2) is 0 Å². The molecule has 1 heteroatoms. The normalized spacial score (nSPS) is 11.0. The van der Waals surface area contributed by atoms with Crippen molar-refractivity contribution in [2.75, 3.05) is 0 Å². The zero-order chi connectivity index (χ0) is 10.2. The Bertz CT molecular complexity index is 289. The van der Waals surface area contributed by atoms with Gasteiger partial charge in [-0.2, -0.15) is 0 Å². The predicted octanol–water partition coefficient (Wildman–Crippen LogP) is 3.98. The van der Waals surface area contributed by atoms with E-state index in [2.05, 4.69) is 37.0 Å². The quantitative estimate of drug-likeness (QED) is 0.638. The van der Waals surface area contributed by atoms with Crippen LogP contribution in [0.15, 0.2) is 24.5 Å². The summed E-state index contributed by atoms with van der Waals surface area (Å²) in [6.45, 7) is 4.33. The number of unbranched alkanes of at least 4 members (excludes halogenated alkanes) is 3. The van der Waals surface area contributed by atoms with Crippen LogP contribution in [0, 0.1) is 6.92 Å². The third-order valence-electron chi connectivity index (χ3n) is 2.34. The van der Waals surface area contributed by atoms with Crippen molar-refractivity contribution in [3.05, 3.63) is 35.7 Å². The standard InChI is InChI=1S/C13H19N/c1-3-4-5-6-7-8-13-9-10-14-11-12(13)2/h7-11H,3-6H2,1-2H3. The number of aromatic nitrogens is 1. The summed E-state index contributed by atoms with van der Waals surface area (Å²) < 4.78 is 0. The van der Waals surface area contributed by atoms with Gasteiger partial charge in [-0.05, 0) is 37.0 Å². The van der Waals surface area contributed by atoms with Gasteiger partial charge in [0.2, 0.25) is 0 Å². The van der Waals surface area contributed by atoms with Gasteiger partial charge < -0.3 is 0 Å². The lowest BCUT2D eigenvalue weighted by Crippen LogP contribution is -1.81. The van der Waals surface area contributed by atoms with Crippen molar-refractivity contribution >= 4 is 6.08 Å². The molecule has 1 rings (SSSR count). The number of hydrogen-bond acceptors (Lipinski definition) is 1. The SMILES string of the molecule is CCCCCC=Cc1ccncc1C. The molecule has 1 aromatic rings. The van der Waals surface area contributed by atoms with E-state index in [0.29, 0.717) is 0 Å². The monoisotopic (exact) mass is 189 g/mol. The van der Waals surface area contributed by atoms with Gasteiger partial charge in [0.25, 0.3) is 0 Å². The van der Waals surface area contributed by atoms with E-state index in [1.165, 1.54) is 36.8 Å². The van der Waals surface area contributed by atoms with E-state index in [0.717, 1.165) is 0 Å². The first-order chi connectivity index (χ1) is 6.84. The molecule has 1 heterocycles. The summed E-state index contributed by atoms with van der Waals surface area (Å²) in [6, 6.07) is 2.06. The Labute approximate surface area is 86.9 Å². The molecule has 0 fully saturated rings. The maximum atomic E-state index is 4.07. The highest BCUT2D eigenvalue weighted by Crippen LogP contribution is 2.08. The number of allylic oxidation sites excluding steroid dienone is 1. The number of aryl methyl sites for hydroxylation is 1. The number of nitrogens with zero attached hydrogens (tertiary/aromatic N) is 1. The van der Waals surface area contributed by atoms with Gasteiger partial charge in [0, 0.05) is 12.4 Å². The second-order valence-electron chi connectivity index (χ2n) is 3.63. The summed E-state index contributed by atoms with van der Waals surface area (Å²) in [5.74, 6) is 0. The van der Waals surface area contributed by atoms with Crippen molar-refractivity contribution in [1.29, 1.82) is 0 Å². The average Bonchev–Trinajstić information content (AvgIpc) is 2.20. The minimum Gasteiger partial charge on any atom is -0.264 e. The summed E-state index contributed by atoms with van der Waals surface area (Å²) in [7, 11) is 0. The van der Waals surface area contributed by atoms with Gasteiger partial charge in [-0.3, -0.25) is 4.98 Å². The first-order valence-electron chi connectivity index (χ1n) is 5.41. The highest BCUT2D eigenvalue weighted by molar-refractivity contribution is 5.52. The van der Waals surface area contributed by atoms with E-state index in [1.54, 1.807) is 0 Å². The molecule has 1 nitrogen and oxygen atoms in total. The molecular weight excluding hydrogens is 170 g/mol. The zero-order valence-electron chi connectivity index (χ0n) is 9.16. The smallest absolute Gasteiger partial charge is 0.0303 e. The summed E-state index contributed by atoms with van der Waals surface area (Å²) in [5.41, 5.74) is 2.54. The number of rotatable bonds is 5. The largest absolute Gasteiger partial charge is 0.264 e. The molecule has 0 amide bonds. The zero-order valence-corrected chi connectivity index (χ0v) is 9.16. The van der Waals surface area contributed by atoms with E-state index in [-0.39, 0.29) is 0 Å². The van der Waals surface area contributed by atoms with E-state index in [4.69, 9.17) is 0 Å². The number of hydrogen-bond donors (Lipinski definition) is 0. The van der Waals surface area contributed by atoms with Crippen LogP contribution in [-0.2, 0) is 0 Å². The third-order valence-corrected chi connectivity index (χ3v) is 2.34. The molecule has 0 aliphatic rings. The lowest BCUT2D eigenvalue weighted by atomic mass is 10.1. The summed E-state index contributed by atoms with van der Waals surface area (Å²) in [6.07, 6.45) is 13.3. The first kappa shape index (κ1) is 11.0. The molecule has 1 aromatic heterocycles. The second kappa shape index (κ2) is 6.36. The lowest BCUT2D eigenvalue weighted by molar-refractivity contribution is 0.730. The van der Waals surface area contributed by atoms with E-state index in [1.807, 2.05) is 12.4 Å². The molecule has 0 N–H and O–H groups in total. The van der Waals surface area contributed by atoms with Gasteiger partial charge in [0.05, 0.1) is 0 Å². The van der Waals surface area contributed by atoms with Crippen molar-refractivity contribution in [3.8, 4) is 0 Å². The van der Waals surface area contributed by atoms with Crippen molar-refractivity contribution < 1.29 is 0 Å². The maximum Gasteiger partial charge on any atom is 0.0303 e. The minimum atomic E-state index is 1.19. The second-order valence-corrected chi connectivity index (χ2v) is 3.63. The lowest BCUT2D eigenvalue weighted by Gasteiger charge is -1.97. The molecule has 76 valence electrons. The summed E-state index contributed by atoms with van der Waals surface area (Å²) in [5, 5.41) is 0. The third kappa shape index (κ3) is 3.73. The van der Waals surface area contributed by atoms with Crippen molar-refractivity contribution in [3.63, 3.8) is 0 Å². The first-order valence-corrected chi connectivity index (χ1v) is 5.41. The molecule has 0 radical (unpaired) electrons. The molecule has 0 unspecified atom stereocenters. The van der Waals surface area contributed by atoms with Crippen LogP contribution in [0.1, 0.15) is 43.7 Å². The van der Waals surface area contributed by atoms with Crippen LogP contribution in [0.5, 0.6) is 0 Å². The Balaban J connectivity index is 2.40. The predicted molar refractivity (Wildman–Crippen MR) is 62.2 cm³/mol. The molecular formula is C13H19N. The van der Waals surface area contributed by atoms with Crippen LogP contribution in [0.4, 0.5) is 0 Å². The highest BCUT2D eigenvalue weighted by atomic mass is 14.6. The van der Waals surface area contributed by atoms with E-state index < -0.39 is 0 Å². The molecule has 0 atom stereocenters. The molecule has 0 spiro atoms. The molecule has 0 saturated heterocycles. The molecule has 0 bridgehead atoms. The Morgan fingerprint density at radius 1 is 1.36 bits per heavy atom. The minimum absolute atomic E-state index is 1.19. The topological polar surface area (TPSA) is 12.9 Å². The van der Waals surface area contributed by atoms with Crippen LogP contribution in [0.25, 0.3) is 6.08 Å². The summed E-state index contributed by atoms with van der Waals surface area (Å²) in [4.78, 5) is 4.07. The van der Waals surface area contributed by atoms with E-state index >= 15 is 0 Å². The van der Waals surface area contributed by atoms with Crippen molar-refractivity contribution in [1.82, 2.24) is 4.98 Å². The molecule has 0 aliphatic heterocycles.